The molecular formula is C21H27NO. The molecule has 2 nitrogen and oxygen atoms in total. The molecule has 122 valence electrons. The highest BCUT2D eigenvalue weighted by Gasteiger charge is 2.06. The van der Waals surface area contributed by atoms with E-state index in [2.05, 4.69) is 43.5 Å². The second kappa shape index (κ2) is 12.0. The maximum atomic E-state index is 5.61. The molecule has 0 atom stereocenters. The summed E-state index contributed by atoms with van der Waals surface area (Å²) in [5.41, 5.74) is 4.19. The zero-order valence-corrected chi connectivity index (χ0v) is 14.5. The zero-order chi connectivity index (χ0) is 17.7. The average Bonchev–Trinajstić information content (AvgIpc) is 2.53. The first kappa shape index (κ1) is 20.4. The maximum absolute atomic E-state index is 5.61. The molecule has 0 aliphatic carbocycles. The fourth-order valence-corrected chi connectivity index (χ4v) is 1.91. The molecule has 1 aliphatic heterocycles. The Morgan fingerprint density at radius 2 is 2.04 bits per heavy atom. The molecular weight excluding hydrogens is 282 g/mol. The zero-order valence-electron chi connectivity index (χ0n) is 14.5. The average molecular weight is 309 g/mol. The van der Waals surface area contributed by atoms with Crippen molar-refractivity contribution in [3.63, 3.8) is 0 Å². The van der Waals surface area contributed by atoms with E-state index in [0.717, 1.165) is 34.5 Å². The highest BCUT2D eigenvalue weighted by atomic mass is 16.5. The topological polar surface area (TPSA) is 21.6 Å². The van der Waals surface area contributed by atoms with E-state index in [-0.39, 0.29) is 0 Å². The van der Waals surface area contributed by atoms with E-state index < -0.39 is 0 Å². The molecule has 0 bridgehead atoms. The van der Waals surface area contributed by atoms with Crippen LogP contribution >= 0.6 is 0 Å². The van der Waals surface area contributed by atoms with Crippen LogP contribution in [0.3, 0.4) is 0 Å². The Morgan fingerprint density at radius 3 is 2.65 bits per heavy atom. The third-order valence-corrected chi connectivity index (χ3v) is 3.00. The van der Waals surface area contributed by atoms with Crippen molar-refractivity contribution >= 4 is 6.21 Å². The van der Waals surface area contributed by atoms with Gasteiger partial charge in [-0.2, -0.15) is 0 Å². The fraction of sp³-hybridized carbons (Fsp3) is 0.190. The molecule has 0 aromatic carbocycles. The summed E-state index contributed by atoms with van der Waals surface area (Å²) < 4.78 is 5.61. The van der Waals surface area contributed by atoms with Gasteiger partial charge in [0, 0.05) is 18.8 Å². The summed E-state index contributed by atoms with van der Waals surface area (Å²) >= 11 is 0. The standard InChI is InChI=1S/C19H23NO.C2H4/c1-6-7-8-19-16(3)13-18(11-12-21-17(19)4)10-9-15(2)14-20-5;1-2/h6-9,11-14H,1,3,10H2,2,4-5H3;1-2H2/b8-7-,12-11-,15-9-,18-13-,19-17-,20-14?;. The molecule has 0 aromatic rings. The first-order valence-corrected chi connectivity index (χ1v) is 7.40. The van der Waals surface area contributed by atoms with Gasteiger partial charge < -0.3 is 4.74 Å². The number of allylic oxidation sites excluding steroid dienone is 11. The van der Waals surface area contributed by atoms with Crippen LogP contribution in [0.4, 0.5) is 0 Å². The van der Waals surface area contributed by atoms with Crippen LogP contribution in [0.1, 0.15) is 20.3 Å². The van der Waals surface area contributed by atoms with Gasteiger partial charge in [-0.25, -0.2) is 0 Å². The first-order chi connectivity index (χ1) is 11.1. The molecule has 0 amide bonds. The molecule has 0 fully saturated rings. The summed E-state index contributed by atoms with van der Waals surface area (Å²) in [6, 6.07) is 0. The largest absolute Gasteiger partial charge is 0.469 e. The SMILES string of the molecule is C=C.C=C/C=C\C1=C(/C)O/C=C\C(C/C=C(/C)C=NC)=C/C1=C. The van der Waals surface area contributed by atoms with Crippen molar-refractivity contribution in [2.75, 3.05) is 7.05 Å². The second-order valence-electron chi connectivity index (χ2n) is 4.77. The molecule has 0 saturated heterocycles. The van der Waals surface area contributed by atoms with Crippen LogP contribution in [0.5, 0.6) is 0 Å². The quantitative estimate of drug-likeness (QED) is 0.353. The monoisotopic (exact) mass is 309 g/mol. The van der Waals surface area contributed by atoms with Gasteiger partial charge in [0.05, 0.1) is 6.26 Å². The lowest BCUT2D eigenvalue weighted by Gasteiger charge is -2.12. The van der Waals surface area contributed by atoms with Crippen LogP contribution in [0.2, 0.25) is 0 Å². The van der Waals surface area contributed by atoms with Gasteiger partial charge in [-0.05, 0) is 43.1 Å². The lowest BCUT2D eigenvalue weighted by Crippen LogP contribution is -1.94. The van der Waals surface area contributed by atoms with Crippen molar-refractivity contribution in [3.05, 3.63) is 97.1 Å². The smallest absolute Gasteiger partial charge is 0.108 e. The normalized spacial score (nSPS) is 22.5. The highest BCUT2D eigenvalue weighted by Crippen LogP contribution is 2.23. The van der Waals surface area contributed by atoms with E-state index >= 15 is 0 Å². The predicted octanol–water partition coefficient (Wildman–Crippen LogP) is 5.87. The minimum Gasteiger partial charge on any atom is -0.469 e. The molecule has 0 aromatic heterocycles. The lowest BCUT2D eigenvalue weighted by molar-refractivity contribution is 0.349. The van der Waals surface area contributed by atoms with Crippen LogP contribution in [-0.4, -0.2) is 13.3 Å². The number of hydrogen-bond acceptors (Lipinski definition) is 2. The Hall–Kier alpha value is -2.61. The van der Waals surface area contributed by atoms with Crippen LogP contribution in [0.25, 0.3) is 0 Å². The molecule has 2 heteroatoms. The Labute approximate surface area is 141 Å². The molecule has 0 N–H and O–H groups in total. The van der Waals surface area contributed by atoms with Crippen molar-refractivity contribution < 1.29 is 4.74 Å². The van der Waals surface area contributed by atoms with E-state index in [1.807, 2.05) is 38.3 Å². The number of ether oxygens (including phenoxy) is 1. The molecule has 1 aliphatic rings. The summed E-state index contributed by atoms with van der Waals surface area (Å²) in [6.45, 7) is 17.8. The number of nitrogens with zero attached hydrogens (tertiary/aromatic N) is 1. The van der Waals surface area contributed by atoms with Crippen molar-refractivity contribution in [1.29, 1.82) is 0 Å². The summed E-state index contributed by atoms with van der Waals surface area (Å²) in [5, 5.41) is 0. The van der Waals surface area contributed by atoms with Gasteiger partial charge in [-0.3, -0.25) is 4.99 Å². The molecule has 1 rings (SSSR count). The highest BCUT2D eigenvalue weighted by molar-refractivity contribution is 5.77. The van der Waals surface area contributed by atoms with E-state index in [0.29, 0.717) is 0 Å². The summed E-state index contributed by atoms with van der Waals surface area (Å²) in [4.78, 5) is 4.00. The Balaban J connectivity index is 0.00000232. The van der Waals surface area contributed by atoms with Crippen molar-refractivity contribution in [1.82, 2.24) is 0 Å². The van der Waals surface area contributed by atoms with E-state index in [9.17, 15) is 0 Å². The van der Waals surface area contributed by atoms with Gasteiger partial charge in [-0.1, -0.05) is 43.5 Å². The fourth-order valence-electron chi connectivity index (χ4n) is 1.91. The summed E-state index contributed by atoms with van der Waals surface area (Å²) in [7, 11) is 1.77. The first-order valence-electron chi connectivity index (χ1n) is 7.40. The lowest BCUT2D eigenvalue weighted by atomic mass is 10.00. The van der Waals surface area contributed by atoms with Crippen molar-refractivity contribution in [2.45, 2.75) is 20.3 Å². The predicted molar refractivity (Wildman–Crippen MR) is 104 cm³/mol. The molecule has 0 radical (unpaired) electrons. The summed E-state index contributed by atoms with van der Waals surface area (Å²) in [6.07, 6.45) is 16.1. The molecule has 0 spiro atoms. The van der Waals surface area contributed by atoms with Crippen molar-refractivity contribution in [2.24, 2.45) is 4.99 Å². The third-order valence-electron chi connectivity index (χ3n) is 3.00. The van der Waals surface area contributed by atoms with Gasteiger partial charge in [-0.15, -0.1) is 13.2 Å². The molecule has 0 unspecified atom stereocenters. The molecule has 23 heavy (non-hydrogen) atoms. The van der Waals surface area contributed by atoms with E-state index in [1.54, 1.807) is 19.4 Å². The van der Waals surface area contributed by atoms with Crippen molar-refractivity contribution in [3.8, 4) is 0 Å². The second-order valence-corrected chi connectivity index (χ2v) is 4.77. The Morgan fingerprint density at radius 1 is 1.35 bits per heavy atom. The minimum absolute atomic E-state index is 0.814. The molecule has 0 saturated carbocycles. The Bertz CT molecular complexity index is 595. The van der Waals surface area contributed by atoms with Gasteiger partial charge in [0.25, 0.3) is 0 Å². The van der Waals surface area contributed by atoms with Gasteiger partial charge in [0.2, 0.25) is 0 Å². The molecule has 1 heterocycles. The van der Waals surface area contributed by atoms with E-state index in [1.165, 1.54) is 0 Å². The van der Waals surface area contributed by atoms with E-state index in [4.69, 9.17) is 4.74 Å². The minimum atomic E-state index is 0.814. The van der Waals surface area contributed by atoms with Gasteiger partial charge in [0.15, 0.2) is 0 Å². The van der Waals surface area contributed by atoms with Crippen LogP contribution < -0.4 is 0 Å². The van der Waals surface area contributed by atoms with Crippen LogP contribution in [0, 0.1) is 0 Å². The van der Waals surface area contributed by atoms with Gasteiger partial charge >= 0.3 is 0 Å². The maximum Gasteiger partial charge on any atom is 0.108 e. The van der Waals surface area contributed by atoms with Gasteiger partial charge in [0.1, 0.15) is 5.76 Å². The number of hydrogen-bond donors (Lipinski definition) is 0. The van der Waals surface area contributed by atoms with Crippen LogP contribution in [0.15, 0.2) is 102 Å². The number of aliphatic imine (C=N–C) groups is 1. The summed E-state index contributed by atoms with van der Waals surface area (Å²) in [5.74, 6) is 0.828. The number of rotatable bonds is 5. The van der Waals surface area contributed by atoms with Crippen LogP contribution in [-0.2, 0) is 4.74 Å². The Kier molecular flexibility index (Phi) is 10.6. The third kappa shape index (κ3) is 7.82.